The number of nitrogens with zero attached hydrogens (tertiary/aromatic N) is 1. The summed E-state index contributed by atoms with van der Waals surface area (Å²) in [5.74, 6) is -0.241. The van der Waals surface area contributed by atoms with Crippen LogP contribution in [-0.4, -0.2) is 47.7 Å². The van der Waals surface area contributed by atoms with Gasteiger partial charge in [-0.05, 0) is 6.42 Å². The van der Waals surface area contributed by atoms with Crippen molar-refractivity contribution >= 4 is 11.9 Å². The molecule has 1 fully saturated rings. The molecule has 6 nitrogen and oxygen atoms in total. The van der Waals surface area contributed by atoms with Gasteiger partial charge in [-0.3, -0.25) is 9.69 Å². The lowest BCUT2D eigenvalue weighted by Gasteiger charge is -2.14. The van der Waals surface area contributed by atoms with Gasteiger partial charge in [0, 0.05) is 12.6 Å². The number of imide groups is 1. The van der Waals surface area contributed by atoms with Gasteiger partial charge in [-0.1, -0.05) is 0 Å². The smallest absolute Gasteiger partial charge is 0.324 e. The standard InChI is InChI=1S/C7H13N3O3/c8-5(4-11)1-2-10-6(12)3-9-7(10)13/h5,11H,1-4,8H2,(H,9,13). The summed E-state index contributed by atoms with van der Waals surface area (Å²) in [6.07, 6.45) is 0.426. The van der Waals surface area contributed by atoms with E-state index in [0.29, 0.717) is 6.42 Å². The lowest BCUT2D eigenvalue weighted by Crippen LogP contribution is -2.36. The molecule has 0 spiro atoms. The Morgan fingerprint density at radius 1 is 1.62 bits per heavy atom. The van der Waals surface area contributed by atoms with Crippen molar-refractivity contribution in [1.82, 2.24) is 10.2 Å². The molecular weight excluding hydrogens is 174 g/mol. The lowest BCUT2D eigenvalue weighted by molar-refractivity contribution is -0.125. The Kier molecular flexibility index (Phi) is 3.21. The predicted octanol–water partition coefficient (Wildman–Crippen LogP) is -1.75. The fourth-order valence-electron chi connectivity index (χ4n) is 1.07. The zero-order valence-electron chi connectivity index (χ0n) is 7.19. The molecule has 1 unspecified atom stereocenters. The van der Waals surface area contributed by atoms with Crippen molar-refractivity contribution in [3.63, 3.8) is 0 Å². The summed E-state index contributed by atoms with van der Waals surface area (Å²) in [5.41, 5.74) is 5.42. The van der Waals surface area contributed by atoms with Gasteiger partial charge in [0.25, 0.3) is 0 Å². The number of hydrogen-bond donors (Lipinski definition) is 3. The minimum Gasteiger partial charge on any atom is -0.395 e. The van der Waals surface area contributed by atoms with Gasteiger partial charge < -0.3 is 16.2 Å². The molecule has 0 aromatic rings. The number of aliphatic hydroxyl groups is 1. The maximum absolute atomic E-state index is 11.0. The maximum Gasteiger partial charge on any atom is 0.324 e. The SMILES string of the molecule is NC(CO)CCN1C(=O)CNC1=O. The van der Waals surface area contributed by atoms with Crippen LogP contribution in [0.5, 0.6) is 0 Å². The van der Waals surface area contributed by atoms with Gasteiger partial charge in [-0.25, -0.2) is 4.79 Å². The number of urea groups is 1. The highest BCUT2D eigenvalue weighted by atomic mass is 16.3. The van der Waals surface area contributed by atoms with E-state index in [-0.39, 0.29) is 37.7 Å². The normalized spacial score (nSPS) is 19.1. The summed E-state index contributed by atoms with van der Waals surface area (Å²) in [7, 11) is 0. The summed E-state index contributed by atoms with van der Waals surface area (Å²) in [5, 5.41) is 11.0. The molecule has 1 aliphatic rings. The second kappa shape index (κ2) is 4.20. The maximum atomic E-state index is 11.0. The van der Waals surface area contributed by atoms with Crippen molar-refractivity contribution in [2.45, 2.75) is 12.5 Å². The third kappa shape index (κ3) is 2.40. The van der Waals surface area contributed by atoms with Crippen LogP contribution in [0.15, 0.2) is 0 Å². The Balaban J connectivity index is 2.35. The van der Waals surface area contributed by atoms with Crippen molar-refractivity contribution in [2.24, 2.45) is 5.73 Å². The second-order valence-electron chi connectivity index (χ2n) is 2.94. The molecule has 4 N–H and O–H groups in total. The molecule has 1 heterocycles. The first-order valence-corrected chi connectivity index (χ1v) is 4.09. The van der Waals surface area contributed by atoms with E-state index < -0.39 is 0 Å². The Labute approximate surface area is 75.7 Å². The van der Waals surface area contributed by atoms with E-state index in [4.69, 9.17) is 10.8 Å². The number of rotatable bonds is 4. The molecule has 0 radical (unpaired) electrons. The van der Waals surface area contributed by atoms with Gasteiger partial charge in [0.05, 0.1) is 13.2 Å². The Hall–Kier alpha value is -1.14. The van der Waals surface area contributed by atoms with Crippen LogP contribution < -0.4 is 11.1 Å². The highest BCUT2D eigenvalue weighted by Gasteiger charge is 2.27. The number of amides is 3. The van der Waals surface area contributed by atoms with Crippen molar-refractivity contribution in [3.05, 3.63) is 0 Å². The lowest BCUT2D eigenvalue weighted by atomic mass is 10.2. The zero-order valence-corrected chi connectivity index (χ0v) is 7.19. The van der Waals surface area contributed by atoms with Gasteiger partial charge in [-0.2, -0.15) is 0 Å². The average molecular weight is 187 g/mol. The van der Waals surface area contributed by atoms with E-state index in [0.717, 1.165) is 4.90 Å². The minimum absolute atomic E-state index is 0.0627. The van der Waals surface area contributed by atoms with Crippen molar-refractivity contribution in [2.75, 3.05) is 19.7 Å². The minimum atomic E-state index is -0.380. The van der Waals surface area contributed by atoms with E-state index in [9.17, 15) is 9.59 Å². The molecule has 0 aromatic heterocycles. The van der Waals surface area contributed by atoms with Crippen molar-refractivity contribution < 1.29 is 14.7 Å². The fourth-order valence-corrected chi connectivity index (χ4v) is 1.07. The molecule has 0 aromatic carbocycles. The summed E-state index contributed by atoms with van der Waals surface area (Å²) in [6, 6.07) is -0.753. The quantitative estimate of drug-likeness (QED) is 0.455. The third-order valence-electron chi connectivity index (χ3n) is 1.90. The molecule has 1 atom stereocenters. The number of nitrogens with two attached hydrogens (primary N) is 1. The second-order valence-corrected chi connectivity index (χ2v) is 2.94. The summed E-state index contributed by atoms with van der Waals surface area (Å²) in [4.78, 5) is 23.1. The van der Waals surface area contributed by atoms with E-state index in [2.05, 4.69) is 5.32 Å². The first kappa shape index (κ1) is 9.94. The van der Waals surface area contributed by atoms with Gasteiger partial charge in [-0.15, -0.1) is 0 Å². The van der Waals surface area contributed by atoms with Gasteiger partial charge >= 0.3 is 6.03 Å². The molecule has 13 heavy (non-hydrogen) atoms. The zero-order chi connectivity index (χ0) is 9.84. The van der Waals surface area contributed by atoms with Crippen LogP contribution in [0.4, 0.5) is 4.79 Å². The number of aliphatic hydroxyl groups excluding tert-OH is 1. The number of nitrogens with one attached hydrogen (secondary N) is 1. The van der Waals surface area contributed by atoms with Gasteiger partial charge in [0.2, 0.25) is 5.91 Å². The first-order chi connectivity index (χ1) is 6.15. The molecule has 6 heteroatoms. The molecule has 74 valence electrons. The van der Waals surface area contributed by atoms with E-state index in [1.807, 2.05) is 0 Å². The Morgan fingerprint density at radius 2 is 2.31 bits per heavy atom. The molecule has 3 amide bonds. The summed E-state index contributed by atoms with van der Waals surface area (Å²) >= 11 is 0. The molecule has 1 rings (SSSR count). The molecule has 0 aliphatic carbocycles. The van der Waals surface area contributed by atoms with Crippen LogP contribution in [0.25, 0.3) is 0 Å². The van der Waals surface area contributed by atoms with Crippen LogP contribution in [0.2, 0.25) is 0 Å². The first-order valence-electron chi connectivity index (χ1n) is 4.09. The summed E-state index contributed by atoms with van der Waals surface area (Å²) in [6.45, 7) is 0.198. The van der Waals surface area contributed by atoms with E-state index >= 15 is 0 Å². The van der Waals surface area contributed by atoms with Crippen molar-refractivity contribution in [1.29, 1.82) is 0 Å². The monoisotopic (exact) mass is 187 g/mol. The highest BCUT2D eigenvalue weighted by Crippen LogP contribution is 2.01. The number of carbonyl (C=O) groups excluding carboxylic acids is 2. The topological polar surface area (TPSA) is 95.7 Å². The van der Waals surface area contributed by atoms with Gasteiger partial charge in [0.15, 0.2) is 0 Å². The molecule has 0 bridgehead atoms. The number of carbonyl (C=O) groups is 2. The third-order valence-corrected chi connectivity index (χ3v) is 1.90. The van der Waals surface area contributed by atoms with E-state index in [1.54, 1.807) is 0 Å². The van der Waals surface area contributed by atoms with Crippen LogP contribution in [0, 0.1) is 0 Å². The molecule has 1 saturated heterocycles. The van der Waals surface area contributed by atoms with Crippen LogP contribution in [0.1, 0.15) is 6.42 Å². The van der Waals surface area contributed by atoms with Crippen LogP contribution >= 0.6 is 0 Å². The predicted molar refractivity (Wildman–Crippen MR) is 44.8 cm³/mol. The Bertz CT molecular complexity index is 203. The molecular formula is C7H13N3O3. The number of hydrogen-bond acceptors (Lipinski definition) is 4. The van der Waals surface area contributed by atoms with E-state index in [1.165, 1.54) is 0 Å². The van der Waals surface area contributed by atoms with Gasteiger partial charge in [0.1, 0.15) is 0 Å². The fraction of sp³-hybridized carbons (Fsp3) is 0.714. The Morgan fingerprint density at radius 3 is 2.77 bits per heavy atom. The largest absolute Gasteiger partial charge is 0.395 e. The average Bonchev–Trinajstić information content (AvgIpc) is 2.43. The van der Waals surface area contributed by atoms with Crippen LogP contribution in [-0.2, 0) is 4.79 Å². The molecule has 1 aliphatic heterocycles. The van der Waals surface area contributed by atoms with Crippen molar-refractivity contribution in [3.8, 4) is 0 Å². The molecule has 0 saturated carbocycles. The highest BCUT2D eigenvalue weighted by molar-refractivity contribution is 6.01. The summed E-state index contributed by atoms with van der Waals surface area (Å²) < 4.78 is 0. The van der Waals surface area contributed by atoms with Crippen LogP contribution in [0.3, 0.4) is 0 Å².